The lowest BCUT2D eigenvalue weighted by Crippen LogP contribution is -2.77. The van der Waals surface area contributed by atoms with Crippen molar-refractivity contribution in [2.75, 3.05) is 13.2 Å². The average molecular weight is 1350 g/mol. The van der Waals surface area contributed by atoms with E-state index in [9.17, 15) is 39.6 Å². The third-order valence-corrected chi connectivity index (χ3v) is 25.6. The summed E-state index contributed by atoms with van der Waals surface area (Å²) in [6.45, 7) is 57.2. The summed E-state index contributed by atoms with van der Waals surface area (Å²) in [7, 11) is 0. The molecule has 20 nitrogen and oxygen atoms in total. The van der Waals surface area contributed by atoms with Gasteiger partial charge in [-0.2, -0.15) is 0 Å². The smallest absolute Gasteiger partial charge is 0.407 e. The molecule has 2 bridgehead atoms. The summed E-state index contributed by atoms with van der Waals surface area (Å²) in [5.74, 6) is -2.20. The fraction of sp³-hybridized carbons (Fsp3) is 0.842. The van der Waals surface area contributed by atoms with E-state index in [-0.39, 0.29) is 107 Å². The Bertz CT molecular complexity index is 3030. The number of aliphatic hydroxyl groups excluding tert-OH is 2. The average Bonchev–Trinajstić information content (AvgIpc) is 1.44. The summed E-state index contributed by atoms with van der Waals surface area (Å²) >= 11 is 0. The van der Waals surface area contributed by atoms with Crippen LogP contribution < -0.4 is 10.6 Å². The maximum atomic E-state index is 13.8. The van der Waals surface area contributed by atoms with Crippen LogP contribution in [0.15, 0.2) is 47.6 Å². The largest absolute Gasteiger partial charge is 0.456 e. The number of amides is 2. The number of alkyl carbamates (subject to hydrolysis) is 2. The minimum Gasteiger partial charge on any atom is -0.456 e. The zero-order valence-corrected chi connectivity index (χ0v) is 62.4. The molecule has 6 unspecified atom stereocenters. The predicted octanol–water partition coefficient (Wildman–Crippen LogP) is 11.4. The first-order chi connectivity index (χ1) is 44.0. The molecule has 20 heteroatoms. The molecule has 8 fully saturated rings. The molecule has 10 aliphatic rings. The minimum absolute atomic E-state index is 0.00633. The van der Waals surface area contributed by atoms with E-state index in [1.807, 2.05) is 55.4 Å². The van der Waals surface area contributed by atoms with Gasteiger partial charge in [0.05, 0.1) is 73.1 Å². The van der Waals surface area contributed by atoms with E-state index in [2.05, 4.69) is 93.0 Å². The van der Waals surface area contributed by atoms with Gasteiger partial charge < -0.3 is 78.4 Å². The number of rotatable bonds is 15. The van der Waals surface area contributed by atoms with Gasteiger partial charge in [0.15, 0.2) is 24.8 Å². The van der Waals surface area contributed by atoms with E-state index in [1.165, 1.54) is 0 Å². The van der Waals surface area contributed by atoms with Gasteiger partial charge in [-0.3, -0.25) is 0 Å². The van der Waals surface area contributed by atoms with Crippen molar-refractivity contribution < 1.29 is 87.0 Å². The Morgan fingerprint density at radius 2 is 0.969 bits per heavy atom. The fourth-order valence-electron chi connectivity index (χ4n) is 21.8. The van der Waals surface area contributed by atoms with Gasteiger partial charge in [-0.1, -0.05) is 121 Å². The van der Waals surface area contributed by atoms with Crippen molar-refractivity contribution >= 4 is 24.1 Å². The number of nitrogens with one attached hydrogen (secondary N) is 2. The number of carbonyl (C=O) groups is 4. The topological polar surface area (TPSA) is 266 Å². The molecule has 544 valence electrons. The standard InChI is InChI=1S/2C38H61NO9/c1-14-27-46-26-16-25-36(12,18-44-25)30-22(6)38(35(10,11)43)17-24(20(4)28(38)21(5)31(47-27)37(26,30)13)45-32(41)29(40)23(15-19(2)3)39-33(42)48-34(7,8)9;1-14-27-46-26-16-25-36(12,18-44-25)30-22(6)38(43)17-24(20(4)28(35(38,10)11)21(5)31(47-27)37(26,30)13)45-32(41)29(40)23(15-19(2)3)39-33(42)48-34(7,8)9/h2*14,19,21-27,29-31,40,43H,1,15-18H2,2-13H3,(H,39,42)/t2*21-,22-,23-,24?,25+,26-,27?,29?,30+,31-,36+,37+,38+/m00/s1. The summed E-state index contributed by atoms with van der Waals surface area (Å²) in [5.41, 5.74) is -2.93. The molecule has 2 amide bonds. The first-order valence-corrected chi connectivity index (χ1v) is 35.8. The Balaban J connectivity index is 0.000000225. The molecule has 96 heavy (non-hydrogen) atoms. The minimum atomic E-state index is -1.64. The Morgan fingerprint density at radius 3 is 1.32 bits per heavy atom. The molecule has 0 radical (unpaired) electrons. The Hall–Kier alpha value is -3.96. The third kappa shape index (κ3) is 12.6. The lowest BCUT2D eigenvalue weighted by Gasteiger charge is -2.72. The molecule has 0 aromatic carbocycles. The second kappa shape index (κ2) is 26.1. The van der Waals surface area contributed by atoms with Crippen molar-refractivity contribution in [3.8, 4) is 0 Å². The summed E-state index contributed by atoms with van der Waals surface area (Å²) in [6, 6.07) is -1.83. The quantitative estimate of drug-likeness (QED) is 0.0505. The molecule has 4 aliphatic heterocycles. The molecular weight excluding hydrogens is 1230 g/mol. The molecular formula is C76H122N2O18. The van der Waals surface area contributed by atoms with Gasteiger partial charge in [0.1, 0.15) is 23.4 Å². The van der Waals surface area contributed by atoms with E-state index >= 15 is 0 Å². The van der Waals surface area contributed by atoms with Crippen molar-refractivity contribution in [2.24, 2.45) is 79.8 Å². The highest BCUT2D eigenvalue weighted by atomic mass is 16.7. The molecule has 6 N–H and O–H groups in total. The SMILES string of the molecule is C=CC1O[C@H]2C[C@H]3OC[C@@]3(C)[C@H]3[C@H](C)[C@]4(C(C)(C)O)CC(OC(=O)C(O)[C@H](CC(C)C)NC(=O)OC(C)(C)C)C(C)=C4[C@H](C)[C@H](O1)[C@]23C.C=CC1O[C@H]2C[C@H]3OC[C@@]3(C)[C@H]3[C@H](C)[C@]4(O)CC(OC(=O)C(O)[C@H](CC(C)C)NC(=O)OC(C)(C)C)C(C)=C([C@H](C)[C@H](O1)[C@]23C)C4(C)C. The zero-order chi connectivity index (χ0) is 71.9. The third-order valence-electron chi connectivity index (χ3n) is 25.6. The Kier molecular flexibility index (Phi) is 20.8. The lowest BCUT2D eigenvalue weighted by molar-refractivity contribution is -0.383. The summed E-state index contributed by atoms with van der Waals surface area (Å²) in [4.78, 5) is 53.0. The summed E-state index contributed by atoms with van der Waals surface area (Å²) < 4.78 is 62.3. The van der Waals surface area contributed by atoms with Crippen molar-refractivity contribution in [3.05, 3.63) is 47.6 Å². The molecule has 10 rings (SSSR count). The van der Waals surface area contributed by atoms with E-state index in [0.29, 0.717) is 32.5 Å². The monoisotopic (exact) mass is 1350 g/mol. The number of hydrogen-bond donors (Lipinski definition) is 6. The molecule has 0 aromatic rings. The highest BCUT2D eigenvalue weighted by Gasteiger charge is 2.77. The first kappa shape index (κ1) is 76.2. The van der Waals surface area contributed by atoms with Gasteiger partial charge in [-0.05, 0) is 141 Å². The molecule has 4 saturated heterocycles. The van der Waals surface area contributed by atoms with Crippen molar-refractivity contribution in [1.82, 2.24) is 10.6 Å². The van der Waals surface area contributed by atoms with E-state index in [4.69, 9.17) is 47.4 Å². The van der Waals surface area contributed by atoms with Crippen LogP contribution in [0.25, 0.3) is 0 Å². The highest BCUT2D eigenvalue weighted by molar-refractivity contribution is 5.78. The molecule has 6 aliphatic carbocycles. The normalized spacial score (nSPS) is 42.5. The summed E-state index contributed by atoms with van der Waals surface area (Å²) in [5, 5.41) is 53.6. The van der Waals surface area contributed by atoms with E-state index in [1.54, 1.807) is 53.7 Å². The predicted molar refractivity (Wildman–Crippen MR) is 361 cm³/mol. The highest BCUT2D eigenvalue weighted by Crippen LogP contribution is 2.74. The van der Waals surface area contributed by atoms with Crippen LogP contribution in [0.2, 0.25) is 0 Å². The number of aliphatic hydroxyl groups is 4. The van der Waals surface area contributed by atoms with Crippen molar-refractivity contribution in [2.45, 2.75) is 313 Å². The zero-order valence-electron chi connectivity index (χ0n) is 62.4. The Labute approximate surface area is 572 Å². The number of ether oxygens (including phenoxy) is 10. The van der Waals surface area contributed by atoms with Crippen LogP contribution in [0.1, 0.15) is 205 Å². The second-order valence-electron chi connectivity index (χ2n) is 35.7. The molecule has 0 aromatic heterocycles. The van der Waals surface area contributed by atoms with Crippen LogP contribution >= 0.6 is 0 Å². The maximum absolute atomic E-state index is 13.8. The molecule has 0 spiro atoms. The van der Waals surface area contributed by atoms with Gasteiger partial charge in [-0.25, -0.2) is 19.2 Å². The van der Waals surface area contributed by atoms with Crippen LogP contribution in [0, 0.1) is 79.8 Å². The van der Waals surface area contributed by atoms with Gasteiger partial charge in [-0.15, -0.1) is 0 Å². The first-order valence-electron chi connectivity index (χ1n) is 35.8. The van der Waals surface area contributed by atoms with Gasteiger partial charge in [0, 0.05) is 70.0 Å². The van der Waals surface area contributed by atoms with Crippen LogP contribution in [-0.4, -0.2) is 166 Å². The van der Waals surface area contributed by atoms with Crippen molar-refractivity contribution in [1.29, 1.82) is 0 Å². The number of hydrogen-bond acceptors (Lipinski definition) is 18. The summed E-state index contributed by atoms with van der Waals surface area (Å²) in [6.07, 6.45) is -1.99. The van der Waals surface area contributed by atoms with E-state index < -0.39 is 112 Å². The van der Waals surface area contributed by atoms with Gasteiger partial charge in [0.2, 0.25) is 0 Å². The maximum Gasteiger partial charge on any atom is 0.407 e. The van der Waals surface area contributed by atoms with Gasteiger partial charge >= 0.3 is 24.1 Å². The molecule has 4 saturated carbocycles. The van der Waals surface area contributed by atoms with Gasteiger partial charge in [0.25, 0.3) is 0 Å². The molecule has 4 heterocycles. The Morgan fingerprint density at radius 1 is 0.594 bits per heavy atom. The van der Waals surface area contributed by atoms with E-state index in [0.717, 1.165) is 35.1 Å². The number of esters is 2. The van der Waals surface area contributed by atoms with Crippen LogP contribution in [0.5, 0.6) is 0 Å². The number of fused-ring (bicyclic) bond motifs is 7. The van der Waals surface area contributed by atoms with Crippen LogP contribution in [0.4, 0.5) is 9.59 Å². The van der Waals surface area contributed by atoms with Crippen LogP contribution in [0.3, 0.4) is 0 Å². The number of carbonyl (C=O) groups excluding carboxylic acids is 4. The molecule has 26 atom stereocenters. The fourth-order valence-corrected chi connectivity index (χ4v) is 21.8. The second-order valence-corrected chi connectivity index (χ2v) is 35.7. The van der Waals surface area contributed by atoms with Crippen molar-refractivity contribution in [3.63, 3.8) is 0 Å². The van der Waals surface area contributed by atoms with Crippen LogP contribution in [-0.2, 0) is 57.0 Å². The lowest BCUT2D eigenvalue weighted by atomic mass is 9.39.